The lowest BCUT2D eigenvalue weighted by molar-refractivity contribution is 0.0231. The van der Waals surface area contributed by atoms with Crippen molar-refractivity contribution in [2.75, 3.05) is 52.4 Å². The van der Waals surface area contributed by atoms with Crippen LogP contribution >= 0.6 is 0 Å². The summed E-state index contributed by atoms with van der Waals surface area (Å²) in [5, 5.41) is 6.22. The molecule has 0 saturated heterocycles. The number of carbonyl (C=O) groups excluding carboxylic acids is 3. The van der Waals surface area contributed by atoms with Crippen molar-refractivity contribution in [2.45, 2.75) is 175 Å². The third kappa shape index (κ3) is 31.5. The quantitative estimate of drug-likeness (QED) is 0.0605. The molecule has 290 valence electrons. The summed E-state index contributed by atoms with van der Waals surface area (Å²) in [6, 6.07) is 0. The van der Waals surface area contributed by atoms with E-state index in [1.165, 1.54) is 0 Å². The standard InChI is InChI=1S/C38H77N5O6/c1-36(2,3)47-33(44)41-28-19-13-17-23-32-43(35(46)49-38(7,8)9)30-21-15-11-10-14-20-29-42(34(45)48-37(4,5)6)31-22-16-12-18-26-40-27-24-25-39/h40H,10-32,39H2,1-9H3,(H,41,44). The van der Waals surface area contributed by atoms with Crippen LogP contribution in [0.1, 0.15) is 159 Å². The molecule has 0 aliphatic heterocycles. The first-order valence-electron chi connectivity index (χ1n) is 19.3. The zero-order valence-electron chi connectivity index (χ0n) is 33.2. The zero-order valence-corrected chi connectivity index (χ0v) is 33.2. The number of rotatable bonds is 26. The molecule has 0 aromatic heterocycles. The molecule has 49 heavy (non-hydrogen) atoms. The molecule has 0 aliphatic rings. The van der Waals surface area contributed by atoms with Crippen LogP contribution in [0.5, 0.6) is 0 Å². The van der Waals surface area contributed by atoms with E-state index >= 15 is 0 Å². The van der Waals surface area contributed by atoms with Crippen molar-refractivity contribution >= 4 is 18.3 Å². The molecule has 0 heterocycles. The van der Waals surface area contributed by atoms with E-state index in [1.807, 2.05) is 72.1 Å². The minimum absolute atomic E-state index is 0.212. The summed E-state index contributed by atoms with van der Waals surface area (Å²) in [7, 11) is 0. The lowest BCUT2D eigenvalue weighted by atomic mass is 10.1. The van der Waals surface area contributed by atoms with Crippen LogP contribution < -0.4 is 16.4 Å². The maximum absolute atomic E-state index is 12.9. The Morgan fingerprint density at radius 2 is 0.796 bits per heavy atom. The SMILES string of the molecule is CC(C)(C)OC(=O)NCCCCCCN(CCCCCCCCN(CCCCCCNCCCN)C(=O)OC(C)(C)C)C(=O)OC(C)(C)C. The average molecular weight is 700 g/mol. The summed E-state index contributed by atoms with van der Waals surface area (Å²) >= 11 is 0. The fraction of sp³-hybridized carbons (Fsp3) is 0.921. The summed E-state index contributed by atoms with van der Waals surface area (Å²) < 4.78 is 16.7. The largest absolute Gasteiger partial charge is 0.444 e. The van der Waals surface area contributed by atoms with Gasteiger partial charge in [-0.1, -0.05) is 51.4 Å². The number of alkyl carbamates (subject to hydrolysis) is 1. The first kappa shape index (κ1) is 46.7. The maximum Gasteiger partial charge on any atom is 0.410 e. The van der Waals surface area contributed by atoms with Crippen LogP contribution in [0.3, 0.4) is 0 Å². The van der Waals surface area contributed by atoms with Crippen molar-refractivity contribution in [3.8, 4) is 0 Å². The number of nitrogens with one attached hydrogen (secondary N) is 2. The van der Waals surface area contributed by atoms with Crippen LogP contribution in [0.15, 0.2) is 0 Å². The number of hydrogen-bond acceptors (Lipinski definition) is 8. The van der Waals surface area contributed by atoms with E-state index in [2.05, 4.69) is 10.6 Å². The predicted molar refractivity (Wildman–Crippen MR) is 201 cm³/mol. The highest BCUT2D eigenvalue weighted by Gasteiger charge is 2.23. The lowest BCUT2D eigenvalue weighted by Gasteiger charge is -2.28. The fourth-order valence-corrected chi connectivity index (χ4v) is 5.10. The molecule has 0 fully saturated rings. The van der Waals surface area contributed by atoms with Gasteiger partial charge in [-0.3, -0.25) is 0 Å². The summed E-state index contributed by atoms with van der Waals surface area (Å²) in [5.74, 6) is 0. The normalized spacial score (nSPS) is 12.0. The van der Waals surface area contributed by atoms with Gasteiger partial charge in [0.2, 0.25) is 0 Å². The minimum atomic E-state index is -0.530. The molecular formula is C38H77N5O6. The molecule has 0 aromatic carbocycles. The van der Waals surface area contributed by atoms with Gasteiger partial charge in [-0.05, 0) is 127 Å². The molecule has 4 N–H and O–H groups in total. The first-order valence-corrected chi connectivity index (χ1v) is 19.3. The van der Waals surface area contributed by atoms with Crippen LogP contribution in [0.2, 0.25) is 0 Å². The Hall–Kier alpha value is -2.27. The molecule has 0 unspecified atom stereocenters. The van der Waals surface area contributed by atoms with Gasteiger partial charge in [0.15, 0.2) is 0 Å². The van der Waals surface area contributed by atoms with Crippen molar-refractivity contribution in [3.63, 3.8) is 0 Å². The van der Waals surface area contributed by atoms with Gasteiger partial charge in [0, 0.05) is 32.7 Å². The van der Waals surface area contributed by atoms with Crippen LogP contribution in [0, 0.1) is 0 Å². The highest BCUT2D eigenvalue weighted by Crippen LogP contribution is 2.15. The second-order valence-electron chi connectivity index (χ2n) is 16.2. The van der Waals surface area contributed by atoms with Gasteiger partial charge < -0.3 is 40.4 Å². The number of nitrogens with zero attached hydrogens (tertiary/aromatic N) is 2. The van der Waals surface area contributed by atoms with Crippen LogP contribution in [0.4, 0.5) is 14.4 Å². The van der Waals surface area contributed by atoms with E-state index in [4.69, 9.17) is 19.9 Å². The monoisotopic (exact) mass is 700 g/mol. The van der Waals surface area contributed by atoms with Crippen molar-refractivity contribution < 1.29 is 28.6 Å². The minimum Gasteiger partial charge on any atom is -0.444 e. The molecule has 11 heteroatoms. The number of hydrogen-bond donors (Lipinski definition) is 3. The van der Waals surface area contributed by atoms with E-state index in [9.17, 15) is 14.4 Å². The van der Waals surface area contributed by atoms with Crippen LogP contribution in [0.25, 0.3) is 0 Å². The van der Waals surface area contributed by atoms with Crippen LogP contribution in [-0.4, -0.2) is 97.2 Å². The second-order valence-corrected chi connectivity index (χ2v) is 16.2. The Bertz CT molecular complexity index is 866. The Kier molecular flexibility index (Phi) is 25.3. The molecule has 11 nitrogen and oxygen atoms in total. The van der Waals surface area contributed by atoms with E-state index in [1.54, 1.807) is 0 Å². The molecule has 0 spiro atoms. The third-order valence-electron chi connectivity index (χ3n) is 7.52. The molecular weight excluding hydrogens is 622 g/mol. The molecule has 0 aromatic rings. The molecule has 0 bridgehead atoms. The van der Waals surface area contributed by atoms with E-state index in [0.29, 0.717) is 19.6 Å². The molecule has 0 atom stereocenters. The summed E-state index contributed by atoms with van der Waals surface area (Å²) in [5.41, 5.74) is 4.01. The maximum atomic E-state index is 12.9. The highest BCUT2D eigenvalue weighted by molar-refractivity contribution is 5.68. The van der Waals surface area contributed by atoms with Crippen molar-refractivity contribution in [1.82, 2.24) is 20.4 Å². The first-order chi connectivity index (χ1) is 22.9. The van der Waals surface area contributed by atoms with Crippen LogP contribution in [-0.2, 0) is 14.2 Å². The van der Waals surface area contributed by atoms with Gasteiger partial charge in [0.25, 0.3) is 0 Å². The van der Waals surface area contributed by atoms with Crippen molar-refractivity contribution in [3.05, 3.63) is 0 Å². The highest BCUT2D eigenvalue weighted by atomic mass is 16.6. The molecule has 0 radical (unpaired) electrons. The number of nitrogens with two attached hydrogens (primary N) is 1. The molecule has 0 aliphatic carbocycles. The molecule has 3 amide bonds. The Morgan fingerprint density at radius 1 is 0.469 bits per heavy atom. The number of carbonyl (C=O) groups is 3. The second kappa shape index (κ2) is 26.5. The third-order valence-corrected chi connectivity index (χ3v) is 7.52. The Labute approximate surface area is 300 Å². The van der Waals surface area contributed by atoms with Gasteiger partial charge in [-0.25, -0.2) is 14.4 Å². The smallest absolute Gasteiger partial charge is 0.410 e. The van der Waals surface area contributed by atoms with Gasteiger partial charge in [-0.15, -0.1) is 0 Å². The lowest BCUT2D eigenvalue weighted by Crippen LogP contribution is -2.38. The molecule has 0 saturated carbocycles. The summed E-state index contributed by atoms with van der Waals surface area (Å²) in [6.07, 6.45) is 14.5. The number of ether oxygens (including phenoxy) is 3. The van der Waals surface area contributed by atoms with Gasteiger partial charge in [-0.2, -0.15) is 0 Å². The predicted octanol–water partition coefficient (Wildman–Crippen LogP) is 8.39. The summed E-state index contributed by atoms with van der Waals surface area (Å²) in [4.78, 5) is 41.3. The van der Waals surface area contributed by atoms with Crippen molar-refractivity contribution in [2.24, 2.45) is 5.73 Å². The number of amides is 3. The average Bonchev–Trinajstić information content (AvgIpc) is 2.96. The topological polar surface area (TPSA) is 135 Å². The van der Waals surface area contributed by atoms with Crippen molar-refractivity contribution in [1.29, 1.82) is 0 Å². The number of unbranched alkanes of at least 4 members (excludes halogenated alkanes) is 11. The van der Waals surface area contributed by atoms with E-state index in [0.717, 1.165) is 129 Å². The van der Waals surface area contributed by atoms with Gasteiger partial charge in [0.1, 0.15) is 16.8 Å². The Balaban J connectivity index is 4.45. The van der Waals surface area contributed by atoms with E-state index < -0.39 is 16.8 Å². The zero-order chi connectivity index (χ0) is 37.2. The molecule has 0 rings (SSSR count). The van der Waals surface area contributed by atoms with Gasteiger partial charge >= 0.3 is 18.3 Å². The summed E-state index contributed by atoms with van der Waals surface area (Å²) in [6.45, 7) is 23.1. The van der Waals surface area contributed by atoms with E-state index in [-0.39, 0.29) is 18.3 Å². The van der Waals surface area contributed by atoms with Gasteiger partial charge in [0.05, 0.1) is 0 Å². The Morgan fingerprint density at radius 3 is 1.16 bits per heavy atom. The fourth-order valence-electron chi connectivity index (χ4n) is 5.10.